The fourth-order valence-corrected chi connectivity index (χ4v) is 7.31. The Balaban J connectivity index is 1.25. The molecule has 4 rings (SSSR count). The Morgan fingerprint density at radius 1 is 0.875 bits per heavy atom. The molecule has 2 aliphatic carbocycles. The highest BCUT2D eigenvalue weighted by atomic mass is 32.2. The van der Waals surface area contributed by atoms with Crippen LogP contribution in [0, 0.1) is 30.6 Å². The molecule has 0 radical (unpaired) electrons. The van der Waals surface area contributed by atoms with Gasteiger partial charge in [-0.25, -0.2) is 0 Å². The molecule has 32 heavy (non-hydrogen) atoms. The summed E-state index contributed by atoms with van der Waals surface area (Å²) in [5.74, 6) is 2.70. The second-order valence-electron chi connectivity index (χ2n) is 10.2. The fourth-order valence-electron chi connectivity index (χ4n) is 6.34. The molecule has 0 amide bonds. The first kappa shape index (κ1) is 24.0. The van der Waals surface area contributed by atoms with Crippen LogP contribution in [0.15, 0.2) is 17.0 Å². The van der Waals surface area contributed by atoms with Crippen molar-refractivity contribution in [2.24, 2.45) is 23.7 Å². The lowest BCUT2D eigenvalue weighted by Crippen LogP contribution is -2.27. The van der Waals surface area contributed by atoms with Crippen molar-refractivity contribution in [3.8, 4) is 5.75 Å². The van der Waals surface area contributed by atoms with Crippen molar-refractivity contribution in [2.45, 2.75) is 88.7 Å². The predicted molar refractivity (Wildman–Crippen MR) is 122 cm³/mol. The molecule has 1 aliphatic heterocycles. The number of ether oxygens (including phenoxy) is 2. The van der Waals surface area contributed by atoms with E-state index >= 15 is 0 Å². The van der Waals surface area contributed by atoms with Crippen molar-refractivity contribution in [1.29, 1.82) is 0 Å². The highest BCUT2D eigenvalue weighted by molar-refractivity contribution is 7.86. The van der Waals surface area contributed by atoms with Crippen molar-refractivity contribution in [3.05, 3.63) is 23.3 Å². The van der Waals surface area contributed by atoms with Gasteiger partial charge in [0.1, 0.15) is 10.6 Å². The Morgan fingerprint density at radius 3 is 2.00 bits per heavy atom. The molecule has 3 fully saturated rings. The van der Waals surface area contributed by atoms with Gasteiger partial charge in [-0.2, -0.15) is 8.42 Å². The standard InChI is InChI=1S/C25H38O6S/c1-17-2-12-23(26)22(25(17)32(27,28)29)16-19-5-10-21(11-6-19)20-8-3-18(4-9-20)7-13-24-30-14-15-31-24/h2,12,18-21,24,26H,3-11,13-16H2,1H3,(H,27,28,29)/t18-,19-,20-,21-. The van der Waals surface area contributed by atoms with Gasteiger partial charge in [-0.3, -0.25) is 4.55 Å². The van der Waals surface area contributed by atoms with Crippen LogP contribution in [0.5, 0.6) is 5.75 Å². The Kier molecular flexibility index (Phi) is 7.81. The van der Waals surface area contributed by atoms with Gasteiger partial charge in [-0.15, -0.1) is 0 Å². The summed E-state index contributed by atoms with van der Waals surface area (Å²) in [6.45, 7) is 3.13. The van der Waals surface area contributed by atoms with Gasteiger partial charge in [0, 0.05) is 5.56 Å². The maximum absolute atomic E-state index is 11.9. The molecule has 1 aromatic carbocycles. The maximum atomic E-state index is 11.9. The molecule has 1 aromatic rings. The third kappa shape index (κ3) is 5.85. The maximum Gasteiger partial charge on any atom is 0.295 e. The molecule has 1 saturated heterocycles. The van der Waals surface area contributed by atoms with Crippen LogP contribution in [0.25, 0.3) is 0 Å². The number of benzene rings is 1. The van der Waals surface area contributed by atoms with E-state index < -0.39 is 10.1 Å². The van der Waals surface area contributed by atoms with Crippen LogP contribution in [0.1, 0.15) is 75.3 Å². The summed E-state index contributed by atoms with van der Waals surface area (Å²) in [7, 11) is -4.36. The van der Waals surface area contributed by atoms with Gasteiger partial charge >= 0.3 is 0 Å². The van der Waals surface area contributed by atoms with Gasteiger partial charge in [0.2, 0.25) is 0 Å². The number of phenolic OH excluding ortho intramolecular Hbond substituents is 1. The summed E-state index contributed by atoms with van der Waals surface area (Å²) in [6.07, 6.45) is 12.5. The SMILES string of the molecule is Cc1ccc(O)c(C[C@H]2CC[C@H]([C@H]3CC[C@H](CCC4OCCO4)CC3)CC2)c1S(=O)(=O)O. The first-order valence-corrected chi connectivity index (χ1v) is 13.8. The average molecular weight is 467 g/mol. The summed E-state index contributed by atoms with van der Waals surface area (Å²) in [6, 6.07) is 3.08. The number of hydrogen-bond donors (Lipinski definition) is 2. The van der Waals surface area contributed by atoms with E-state index in [4.69, 9.17) is 9.47 Å². The largest absolute Gasteiger partial charge is 0.508 e. The minimum absolute atomic E-state index is 0.0252. The molecule has 180 valence electrons. The zero-order valence-electron chi connectivity index (χ0n) is 19.2. The van der Waals surface area contributed by atoms with Gasteiger partial charge < -0.3 is 14.6 Å². The summed E-state index contributed by atoms with van der Waals surface area (Å²) in [4.78, 5) is -0.105. The molecular formula is C25H38O6S. The van der Waals surface area contributed by atoms with Crippen LogP contribution in [-0.4, -0.2) is 37.6 Å². The van der Waals surface area contributed by atoms with Gasteiger partial charge in [-0.1, -0.05) is 18.9 Å². The first-order chi connectivity index (χ1) is 15.3. The summed E-state index contributed by atoms with van der Waals surface area (Å²) < 4.78 is 44.6. The molecular weight excluding hydrogens is 428 g/mol. The van der Waals surface area contributed by atoms with Crippen molar-refractivity contribution in [3.63, 3.8) is 0 Å². The Hall–Kier alpha value is -1.15. The molecule has 0 unspecified atom stereocenters. The predicted octanol–water partition coefficient (Wildman–Crippen LogP) is 5.26. The van der Waals surface area contributed by atoms with Crippen LogP contribution in [0.2, 0.25) is 0 Å². The van der Waals surface area contributed by atoms with Gasteiger partial charge in [-0.05, 0) is 100 Å². The lowest BCUT2D eigenvalue weighted by molar-refractivity contribution is -0.0514. The second kappa shape index (κ2) is 10.4. The number of hydrogen-bond acceptors (Lipinski definition) is 5. The molecule has 0 bridgehead atoms. The van der Waals surface area contributed by atoms with E-state index in [1.807, 2.05) is 0 Å². The van der Waals surface area contributed by atoms with Crippen LogP contribution >= 0.6 is 0 Å². The Labute approximate surface area is 192 Å². The smallest absolute Gasteiger partial charge is 0.295 e. The monoisotopic (exact) mass is 466 g/mol. The molecule has 0 aromatic heterocycles. The normalized spacial score (nSPS) is 29.9. The molecule has 3 aliphatic rings. The molecule has 0 spiro atoms. The van der Waals surface area contributed by atoms with Crippen LogP contribution in [-0.2, 0) is 26.0 Å². The highest BCUT2D eigenvalue weighted by Crippen LogP contribution is 2.44. The van der Waals surface area contributed by atoms with E-state index in [0.29, 0.717) is 23.5 Å². The quantitative estimate of drug-likeness (QED) is 0.533. The number of aryl methyl sites for hydroxylation is 1. The Bertz CT molecular complexity index is 861. The third-order valence-electron chi connectivity index (χ3n) is 8.13. The number of aromatic hydroxyl groups is 1. The highest BCUT2D eigenvalue weighted by Gasteiger charge is 2.32. The van der Waals surface area contributed by atoms with Crippen molar-refractivity contribution >= 4 is 10.1 Å². The fraction of sp³-hybridized carbons (Fsp3) is 0.760. The van der Waals surface area contributed by atoms with Crippen molar-refractivity contribution < 1.29 is 27.6 Å². The Morgan fingerprint density at radius 2 is 1.44 bits per heavy atom. The van der Waals surface area contributed by atoms with Crippen molar-refractivity contribution in [1.82, 2.24) is 0 Å². The van der Waals surface area contributed by atoms with Gasteiger partial charge in [0.05, 0.1) is 13.2 Å². The second-order valence-corrected chi connectivity index (χ2v) is 11.6. The molecule has 1 heterocycles. The first-order valence-electron chi connectivity index (χ1n) is 12.3. The lowest BCUT2D eigenvalue weighted by atomic mass is 9.68. The van der Waals surface area contributed by atoms with Crippen LogP contribution in [0.4, 0.5) is 0 Å². The van der Waals surface area contributed by atoms with Crippen LogP contribution in [0.3, 0.4) is 0 Å². The van der Waals surface area contributed by atoms with E-state index in [0.717, 1.165) is 50.2 Å². The molecule has 2 N–H and O–H groups in total. The summed E-state index contributed by atoms with van der Waals surface area (Å²) in [5.41, 5.74) is 0.864. The zero-order chi connectivity index (χ0) is 22.7. The summed E-state index contributed by atoms with van der Waals surface area (Å²) >= 11 is 0. The van der Waals surface area contributed by atoms with E-state index in [2.05, 4.69) is 0 Å². The lowest BCUT2D eigenvalue weighted by Gasteiger charge is -2.38. The number of phenols is 1. The van der Waals surface area contributed by atoms with E-state index in [1.54, 1.807) is 13.0 Å². The van der Waals surface area contributed by atoms with E-state index in [-0.39, 0.29) is 16.9 Å². The molecule has 0 atom stereocenters. The van der Waals surface area contributed by atoms with Gasteiger partial charge in [0.25, 0.3) is 10.1 Å². The molecule has 2 saturated carbocycles. The minimum atomic E-state index is -4.36. The third-order valence-corrected chi connectivity index (χ3v) is 9.22. The topological polar surface area (TPSA) is 93.1 Å². The molecule has 6 nitrogen and oxygen atoms in total. The molecule has 7 heteroatoms. The van der Waals surface area contributed by atoms with Gasteiger partial charge in [0.15, 0.2) is 6.29 Å². The number of rotatable bonds is 7. The van der Waals surface area contributed by atoms with Crippen LogP contribution < -0.4 is 0 Å². The van der Waals surface area contributed by atoms with E-state index in [9.17, 15) is 18.1 Å². The van der Waals surface area contributed by atoms with E-state index in [1.165, 1.54) is 51.0 Å². The van der Waals surface area contributed by atoms with Crippen molar-refractivity contribution in [2.75, 3.05) is 13.2 Å². The zero-order valence-corrected chi connectivity index (χ0v) is 20.0. The minimum Gasteiger partial charge on any atom is -0.508 e. The average Bonchev–Trinajstić information content (AvgIpc) is 3.29. The summed E-state index contributed by atoms with van der Waals surface area (Å²) in [5, 5.41) is 10.3.